The third-order valence-corrected chi connectivity index (χ3v) is 7.64. The molecule has 0 atom stereocenters. The summed E-state index contributed by atoms with van der Waals surface area (Å²) in [6.45, 7) is 0.772. The highest BCUT2D eigenvalue weighted by atomic mass is 35.5. The minimum Gasteiger partial charge on any atom is -0.369 e. The van der Waals surface area contributed by atoms with Crippen molar-refractivity contribution < 1.29 is 21.2 Å². The molecule has 35 heavy (non-hydrogen) atoms. The molecule has 1 saturated heterocycles. The molecule has 1 aliphatic rings. The number of halogens is 2. The standard InChI is InChI=1S/C21H22ClFN6O4S2/c1-34(30,31)28-19-5-3-2-4-18(19)25-20-16(23)13-24-21(27-20)26-17-7-6-14(12-15(17)22)29-8-10-35(32,33)11-9-29/h2-7,12-13,28H,8-11H2,1H3,(H2,24,25,26,27). The SMILES string of the molecule is CS(=O)(=O)Nc1ccccc1Nc1nc(Nc2ccc(N3CCS(=O)(=O)CC3)cc2Cl)ncc1F. The lowest BCUT2D eigenvalue weighted by Crippen LogP contribution is -2.40. The largest absolute Gasteiger partial charge is 0.369 e. The summed E-state index contributed by atoms with van der Waals surface area (Å²) in [5.41, 5.74) is 1.78. The molecule has 0 unspecified atom stereocenters. The molecule has 0 saturated carbocycles. The minimum atomic E-state index is -3.55. The first-order valence-corrected chi connectivity index (χ1v) is 14.5. The molecular formula is C21H22ClFN6O4S2. The molecule has 0 aliphatic carbocycles. The summed E-state index contributed by atoms with van der Waals surface area (Å²) < 4.78 is 63.4. The maximum atomic E-state index is 14.4. The molecule has 1 aromatic heterocycles. The van der Waals surface area contributed by atoms with Crippen LogP contribution in [0.1, 0.15) is 0 Å². The first-order valence-electron chi connectivity index (χ1n) is 10.4. The minimum absolute atomic E-state index is 0.0566. The van der Waals surface area contributed by atoms with Crippen LogP contribution in [0.2, 0.25) is 5.02 Å². The Kier molecular flexibility index (Phi) is 7.01. The van der Waals surface area contributed by atoms with Gasteiger partial charge >= 0.3 is 0 Å². The van der Waals surface area contributed by atoms with Gasteiger partial charge in [-0.3, -0.25) is 4.72 Å². The number of aromatic nitrogens is 2. The Balaban J connectivity index is 1.52. The van der Waals surface area contributed by atoms with Gasteiger partial charge in [-0.05, 0) is 30.3 Å². The Labute approximate surface area is 207 Å². The number of sulfonamides is 1. The fourth-order valence-corrected chi connectivity index (χ4v) is 5.42. The second kappa shape index (κ2) is 9.84. The molecule has 10 nitrogen and oxygen atoms in total. The van der Waals surface area contributed by atoms with Crippen molar-refractivity contribution in [1.82, 2.24) is 9.97 Å². The van der Waals surface area contributed by atoms with Crippen molar-refractivity contribution in [2.24, 2.45) is 0 Å². The molecule has 186 valence electrons. The number of nitrogens with zero attached hydrogens (tertiary/aromatic N) is 3. The van der Waals surface area contributed by atoms with Gasteiger partial charge in [0.2, 0.25) is 16.0 Å². The van der Waals surface area contributed by atoms with Crippen molar-refractivity contribution in [2.45, 2.75) is 0 Å². The smallest absolute Gasteiger partial charge is 0.229 e. The van der Waals surface area contributed by atoms with Crippen LogP contribution in [0.25, 0.3) is 0 Å². The molecule has 2 heterocycles. The van der Waals surface area contributed by atoms with E-state index in [4.69, 9.17) is 11.6 Å². The van der Waals surface area contributed by atoms with Gasteiger partial charge in [0.15, 0.2) is 21.5 Å². The highest BCUT2D eigenvalue weighted by Crippen LogP contribution is 2.31. The summed E-state index contributed by atoms with van der Waals surface area (Å²) in [5.74, 6) is -0.681. The van der Waals surface area contributed by atoms with E-state index in [1.54, 1.807) is 36.4 Å². The Bertz CT molecular complexity index is 1460. The van der Waals surface area contributed by atoms with Crippen molar-refractivity contribution in [3.63, 3.8) is 0 Å². The van der Waals surface area contributed by atoms with Crippen LogP contribution in [0.4, 0.5) is 38.9 Å². The van der Waals surface area contributed by atoms with Crippen molar-refractivity contribution in [3.8, 4) is 0 Å². The van der Waals surface area contributed by atoms with Crippen molar-refractivity contribution >= 4 is 66.0 Å². The molecule has 2 aromatic carbocycles. The summed E-state index contributed by atoms with van der Waals surface area (Å²) in [6, 6.07) is 11.6. The van der Waals surface area contributed by atoms with Crippen LogP contribution in [0.3, 0.4) is 0 Å². The van der Waals surface area contributed by atoms with Crippen LogP contribution in [0, 0.1) is 5.82 Å². The van der Waals surface area contributed by atoms with Crippen LogP contribution in [-0.2, 0) is 19.9 Å². The lowest BCUT2D eigenvalue weighted by molar-refractivity contribution is 0.586. The fourth-order valence-electron chi connectivity index (χ4n) is 3.42. The summed E-state index contributed by atoms with van der Waals surface area (Å²) >= 11 is 6.42. The van der Waals surface area contributed by atoms with E-state index in [-0.39, 0.29) is 29.0 Å². The van der Waals surface area contributed by atoms with Crippen LogP contribution >= 0.6 is 11.6 Å². The van der Waals surface area contributed by atoms with Crippen molar-refractivity contribution in [3.05, 3.63) is 59.5 Å². The van der Waals surface area contributed by atoms with Crippen LogP contribution < -0.4 is 20.3 Å². The van der Waals surface area contributed by atoms with Crippen molar-refractivity contribution in [2.75, 3.05) is 51.1 Å². The predicted octanol–water partition coefficient (Wildman–Crippen LogP) is 3.36. The fraction of sp³-hybridized carbons (Fsp3) is 0.238. The molecule has 0 bridgehead atoms. The van der Waals surface area contributed by atoms with E-state index in [1.165, 1.54) is 6.07 Å². The molecule has 3 aromatic rings. The van der Waals surface area contributed by atoms with E-state index in [1.807, 2.05) is 4.90 Å². The molecule has 0 spiro atoms. The molecule has 4 rings (SSSR count). The van der Waals surface area contributed by atoms with Gasteiger partial charge in [-0.25, -0.2) is 26.2 Å². The van der Waals surface area contributed by atoms with E-state index >= 15 is 0 Å². The number of nitrogens with one attached hydrogen (secondary N) is 3. The molecule has 3 N–H and O–H groups in total. The van der Waals surface area contributed by atoms with E-state index in [2.05, 4.69) is 25.3 Å². The summed E-state index contributed by atoms with van der Waals surface area (Å²) in [6.07, 6.45) is 1.99. The van der Waals surface area contributed by atoms with Gasteiger partial charge < -0.3 is 15.5 Å². The number of benzene rings is 2. The number of para-hydroxylation sites is 2. The molecule has 1 aliphatic heterocycles. The maximum absolute atomic E-state index is 14.4. The highest BCUT2D eigenvalue weighted by molar-refractivity contribution is 7.92. The van der Waals surface area contributed by atoms with E-state index in [0.29, 0.717) is 29.5 Å². The van der Waals surface area contributed by atoms with E-state index < -0.39 is 25.7 Å². The quantitative estimate of drug-likeness (QED) is 0.412. The van der Waals surface area contributed by atoms with Crippen LogP contribution in [0.5, 0.6) is 0 Å². The highest BCUT2D eigenvalue weighted by Gasteiger charge is 2.22. The Morgan fingerprint density at radius 1 is 1.03 bits per heavy atom. The number of hydrogen-bond acceptors (Lipinski definition) is 9. The molecule has 1 fully saturated rings. The van der Waals surface area contributed by atoms with Crippen LogP contribution in [0.15, 0.2) is 48.7 Å². The Hall–Kier alpha value is -3.16. The predicted molar refractivity (Wildman–Crippen MR) is 136 cm³/mol. The maximum Gasteiger partial charge on any atom is 0.229 e. The Morgan fingerprint density at radius 3 is 2.37 bits per heavy atom. The number of rotatable bonds is 7. The molecule has 0 amide bonds. The molecule has 0 radical (unpaired) electrons. The average molecular weight is 541 g/mol. The third-order valence-electron chi connectivity index (χ3n) is 5.13. The molecule has 14 heteroatoms. The number of sulfone groups is 1. The lowest BCUT2D eigenvalue weighted by atomic mass is 10.2. The second-order valence-electron chi connectivity index (χ2n) is 7.86. The zero-order valence-corrected chi connectivity index (χ0v) is 20.9. The lowest BCUT2D eigenvalue weighted by Gasteiger charge is -2.29. The van der Waals surface area contributed by atoms with Gasteiger partial charge in [-0.15, -0.1) is 0 Å². The van der Waals surface area contributed by atoms with Gasteiger partial charge in [0, 0.05) is 18.8 Å². The van der Waals surface area contributed by atoms with Crippen LogP contribution in [-0.4, -0.2) is 57.7 Å². The molecular weight excluding hydrogens is 519 g/mol. The normalized spacial score (nSPS) is 15.5. The van der Waals surface area contributed by atoms with Gasteiger partial charge in [0.1, 0.15) is 0 Å². The summed E-state index contributed by atoms with van der Waals surface area (Å²) in [7, 11) is -6.55. The van der Waals surface area contributed by atoms with Gasteiger partial charge in [0.05, 0.1) is 46.0 Å². The monoisotopic (exact) mass is 540 g/mol. The topological polar surface area (TPSA) is 133 Å². The number of hydrogen-bond donors (Lipinski definition) is 3. The van der Waals surface area contributed by atoms with Crippen molar-refractivity contribution in [1.29, 1.82) is 0 Å². The summed E-state index contributed by atoms with van der Waals surface area (Å²) in [5, 5.41) is 6.06. The van der Waals surface area contributed by atoms with E-state index in [0.717, 1.165) is 18.1 Å². The first-order chi connectivity index (χ1) is 16.5. The van der Waals surface area contributed by atoms with Gasteiger partial charge in [-0.2, -0.15) is 4.98 Å². The zero-order chi connectivity index (χ0) is 25.2. The van der Waals surface area contributed by atoms with E-state index in [9.17, 15) is 21.2 Å². The number of anilines is 6. The average Bonchev–Trinajstić information content (AvgIpc) is 2.78. The third kappa shape index (κ3) is 6.50. The second-order valence-corrected chi connectivity index (χ2v) is 12.3. The van der Waals surface area contributed by atoms with Gasteiger partial charge in [-0.1, -0.05) is 23.7 Å². The summed E-state index contributed by atoms with van der Waals surface area (Å²) in [4.78, 5) is 10.0. The zero-order valence-electron chi connectivity index (χ0n) is 18.5. The first kappa shape index (κ1) is 24.9. The Morgan fingerprint density at radius 2 is 1.71 bits per heavy atom. The van der Waals surface area contributed by atoms with Gasteiger partial charge in [0.25, 0.3) is 0 Å².